The van der Waals surface area contributed by atoms with E-state index in [9.17, 15) is 8.78 Å². The zero-order chi connectivity index (χ0) is 20.9. The topological polar surface area (TPSA) is 72.1 Å². The number of nitrogens with zero attached hydrogens (tertiary/aromatic N) is 2. The molecule has 1 aromatic carbocycles. The van der Waals surface area contributed by atoms with Crippen LogP contribution in [0, 0.1) is 5.82 Å². The number of aromatic amines is 1. The molecule has 1 fully saturated rings. The highest BCUT2D eigenvalue weighted by Gasteiger charge is 2.34. The molecule has 1 aliphatic carbocycles. The van der Waals surface area contributed by atoms with Crippen LogP contribution in [0.15, 0.2) is 30.6 Å². The van der Waals surface area contributed by atoms with Gasteiger partial charge >= 0.3 is 0 Å². The van der Waals surface area contributed by atoms with Gasteiger partial charge in [0.25, 0.3) is 0 Å². The van der Waals surface area contributed by atoms with E-state index < -0.39 is 11.8 Å². The lowest BCUT2D eigenvalue weighted by Crippen LogP contribution is -2.40. The highest BCUT2D eigenvalue weighted by atomic mass is 19.1. The summed E-state index contributed by atoms with van der Waals surface area (Å²) in [6, 6.07) is 6.12. The van der Waals surface area contributed by atoms with Crippen LogP contribution in [0.2, 0.25) is 0 Å². The summed E-state index contributed by atoms with van der Waals surface area (Å²) in [7, 11) is 0. The van der Waals surface area contributed by atoms with Gasteiger partial charge in [-0.15, -0.1) is 0 Å². The lowest BCUT2D eigenvalue weighted by Gasteiger charge is -2.35. The fourth-order valence-electron chi connectivity index (χ4n) is 3.82. The highest BCUT2D eigenvalue weighted by molar-refractivity contribution is 5.88. The molecule has 2 atom stereocenters. The van der Waals surface area contributed by atoms with Crippen molar-refractivity contribution in [1.82, 2.24) is 15.0 Å². The molecule has 2 aliphatic rings. The summed E-state index contributed by atoms with van der Waals surface area (Å²) in [4.78, 5) is 12.2. The molecule has 8 heteroatoms. The van der Waals surface area contributed by atoms with E-state index in [1.54, 1.807) is 6.07 Å². The third-order valence-electron chi connectivity index (χ3n) is 5.48. The summed E-state index contributed by atoms with van der Waals surface area (Å²) in [5.74, 6) is 1.28. The number of halogens is 2. The molecule has 3 aromatic rings. The van der Waals surface area contributed by atoms with Crippen LogP contribution in [0.5, 0.6) is 5.75 Å². The highest BCUT2D eigenvalue weighted by Crippen LogP contribution is 2.42. The molecule has 0 amide bonds. The van der Waals surface area contributed by atoms with Crippen LogP contribution in [0.3, 0.4) is 0 Å². The van der Waals surface area contributed by atoms with Gasteiger partial charge in [0.2, 0.25) is 0 Å². The number of hydrogen-bond acceptors (Lipinski definition) is 5. The van der Waals surface area contributed by atoms with Crippen molar-refractivity contribution in [3.8, 4) is 5.75 Å². The van der Waals surface area contributed by atoms with Crippen LogP contribution in [0.4, 0.5) is 14.6 Å². The van der Waals surface area contributed by atoms with Crippen LogP contribution in [-0.4, -0.2) is 39.9 Å². The van der Waals surface area contributed by atoms with Crippen molar-refractivity contribution >= 4 is 16.9 Å². The van der Waals surface area contributed by atoms with Crippen LogP contribution in [0.1, 0.15) is 51.3 Å². The van der Waals surface area contributed by atoms with E-state index in [0.717, 1.165) is 22.3 Å². The number of hydrogen-bond donors (Lipinski definition) is 2. The van der Waals surface area contributed by atoms with Crippen LogP contribution < -0.4 is 10.1 Å². The van der Waals surface area contributed by atoms with Crippen molar-refractivity contribution in [2.75, 3.05) is 18.5 Å². The Morgan fingerprint density at radius 1 is 1.30 bits per heavy atom. The molecule has 0 bridgehead atoms. The number of H-pyrrole nitrogens is 1. The van der Waals surface area contributed by atoms with Gasteiger partial charge in [-0.3, -0.25) is 0 Å². The molecule has 0 unspecified atom stereocenters. The summed E-state index contributed by atoms with van der Waals surface area (Å²) in [5.41, 5.74) is 1.20. The first kappa shape index (κ1) is 19.2. The quantitative estimate of drug-likeness (QED) is 0.598. The fourth-order valence-corrected chi connectivity index (χ4v) is 3.82. The Hall–Kier alpha value is -2.74. The number of ether oxygens (including phenoxy) is 2. The van der Waals surface area contributed by atoms with Crippen molar-refractivity contribution in [3.05, 3.63) is 47.7 Å². The third-order valence-corrected chi connectivity index (χ3v) is 5.48. The van der Waals surface area contributed by atoms with Gasteiger partial charge in [-0.05, 0) is 44.7 Å². The number of fused-ring (bicyclic) bond motifs is 2. The molecular weight excluding hydrogens is 390 g/mol. The lowest BCUT2D eigenvalue weighted by molar-refractivity contribution is -0.0458. The molecular formula is C22H26F2N4O2. The van der Waals surface area contributed by atoms with E-state index in [2.05, 4.69) is 26.3 Å². The first-order valence-electron chi connectivity index (χ1n) is 10.2. The van der Waals surface area contributed by atoms with E-state index in [-0.39, 0.29) is 26.5 Å². The second-order valence-corrected chi connectivity index (χ2v) is 8.67. The third kappa shape index (κ3) is 3.84. The molecule has 30 heavy (non-hydrogen) atoms. The van der Waals surface area contributed by atoms with E-state index in [1.165, 1.54) is 45.1 Å². The summed E-state index contributed by atoms with van der Waals surface area (Å²) in [6.07, 6.45) is 3.39. The molecule has 6 nitrogen and oxygen atoms in total. The molecule has 2 aromatic heterocycles. The van der Waals surface area contributed by atoms with Crippen molar-refractivity contribution < 1.29 is 19.7 Å². The Bertz CT molecular complexity index is 1080. The lowest BCUT2D eigenvalue weighted by atomic mass is 9.97. The zero-order valence-corrected chi connectivity index (χ0v) is 16.9. The smallest absolute Gasteiger partial charge is 0.143 e. The van der Waals surface area contributed by atoms with Gasteiger partial charge in [-0.25, -0.2) is 18.7 Å². The number of aromatic nitrogens is 3. The summed E-state index contributed by atoms with van der Waals surface area (Å²) >= 11 is 0. The summed E-state index contributed by atoms with van der Waals surface area (Å²) < 4.78 is 39.4. The van der Waals surface area contributed by atoms with Crippen LogP contribution in [0.25, 0.3) is 11.0 Å². The van der Waals surface area contributed by atoms with Crippen LogP contribution in [-0.2, 0) is 4.74 Å². The van der Waals surface area contributed by atoms with E-state index >= 15 is 0 Å². The van der Waals surface area contributed by atoms with Crippen LogP contribution >= 0.6 is 0 Å². The summed E-state index contributed by atoms with van der Waals surface area (Å²) in [5, 5.41) is 4.33. The fraction of sp³-hybridized carbons (Fsp3) is 0.455. The molecule has 0 radical (unpaired) electrons. The van der Waals surface area contributed by atoms with Crippen molar-refractivity contribution in [3.63, 3.8) is 0 Å². The average molecular weight is 416 g/mol. The molecule has 2 N–H and O–H groups in total. The van der Waals surface area contributed by atoms with E-state index in [1.807, 2.05) is 0 Å². The maximum absolute atomic E-state index is 14.1. The maximum atomic E-state index is 14.1. The van der Waals surface area contributed by atoms with Crippen molar-refractivity contribution in [2.45, 2.75) is 50.4 Å². The number of alkyl halides is 1. The Kier molecular flexibility index (Phi) is 4.61. The van der Waals surface area contributed by atoms with Gasteiger partial charge in [0.1, 0.15) is 47.7 Å². The predicted octanol–water partition coefficient (Wildman–Crippen LogP) is 4.90. The number of benzene rings is 1. The minimum Gasteiger partial charge on any atom is -0.490 e. The summed E-state index contributed by atoms with van der Waals surface area (Å²) in [6.45, 7) is 3.04. The Balaban J connectivity index is 0.00000231. The van der Waals surface area contributed by atoms with Gasteiger partial charge in [-0.2, -0.15) is 0 Å². The molecule has 1 saturated carbocycles. The van der Waals surface area contributed by atoms with Gasteiger partial charge in [-0.1, -0.05) is 6.07 Å². The Morgan fingerprint density at radius 2 is 2.13 bits per heavy atom. The average Bonchev–Trinajstić information content (AvgIpc) is 3.45. The van der Waals surface area contributed by atoms with Gasteiger partial charge in [0, 0.05) is 18.8 Å². The van der Waals surface area contributed by atoms with E-state index in [0.29, 0.717) is 17.5 Å². The standard InChI is InChI=1S/C22H24F2N4O2.H2/c1-22(2,24)10-30-18-9-29-17-7-13(23)5-6-14(17)19(18)28-21-15-8-16(12-3-4-12)27-20(15)25-11-26-21;/h5-8,11-12,18-19H,3-4,9-10H2,1-2H3,(H2,25,26,27,28);1H/t18-,19-;/m0./s1. The molecule has 1 aliphatic heterocycles. The van der Waals surface area contributed by atoms with Crippen molar-refractivity contribution in [1.29, 1.82) is 0 Å². The maximum Gasteiger partial charge on any atom is 0.143 e. The number of nitrogens with one attached hydrogen (secondary N) is 2. The number of anilines is 1. The minimum absolute atomic E-state index is 0. The first-order valence-corrected chi connectivity index (χ1v) is 10.2. The molecule has 3 heterocycles. The predicted molar refractivity (Wildman–Crippen MR) is 111 cm³/mol. The zero-order valence-electron chi connectivity index (χ0n) is 16.9. The molecule has 5 rings (SSSR count). The SMILES string of the molecule is CC(C)(F)CO[C@H]1COc2cc(F)ccc2[C@@H]1Nc1ncnc2[nH]c(C3CC3)cc12.[HH]. The van der Waals surface area contributed by atoms with E-state index in [4.69, 9.17) is 9.47 Å². The van der Waals surface area contributed by atoms with Gasteiger partial charge in [0.15, 0.2) is 0 Å². The molecule has 0 saturated heterocycles. The van der Waals surface area contributed by atoms with Gasteiger partial charge in [0.05, 0.1) is 18.0 Å². The molecule has 160 valence electrons. The second kappa shape index (κ2) is 7.19. The Morgan fingerprint density at radius 3 is 2.90 bits per heavy atom. The second-order valence-electron chi connectivity index (χ2n) is 8.67. The van der Waals surface area contributed by atoms with Gasteiger partial charge < -0.3 is 19.8 Å². The van der Waals surface area contributed by atoms with Crippen molar-refractivity contribution in [2.24, 2.45) is 0 Å². The Labute approximate surface area is 174 Å². The first-order chi connectivity index (χ1) is 14.4. The normalized spacial score (nSPS) is 21.3. The monoisotopic (exact) mass is 416 g/mol. The number of rotatable bonds is 6. The minimum atomic E-state index is -1.48. The molecule has 0 spiro atoms. The largest absolute Gasteiger partial charge is 0.490 e.